The lowest BCUT2D eigenvalue weighted by Gasteiger charge is -2.12. The Morgan fingerprint density at radius 3 is 2.62 bits per heavy atom. The summed E-state index contributed by atoms with van der Waals surface area (Å²) < 4.78 is 7.26. The second-order valence-electron chi connectivity index (χ2n) is 8.60. The summed E-state index contributed by atoms with van der Waals surface area (Å²) in [5.41, 5.74) is 4.18. The minimum atomic E-state index is -0.345. The first kappa shape index (κ1) is 23.6. The van der Waals surface area contributed by atoms with Gasteiger partial charge in [0.05, 0.1) is 17.9 Å². The molecule has 7 nitrogen and oxygen atoms in total. The number of rotatable bonds is 7. The zero-order valence-electron chi connectivity index (χ0n) is 19.4. The summed E-state index contributed by atoms with van der Waals surface area (Å²) >= 11 is 4.68. The van der Waals surface area contributed by atoms with Crippen molar-refractivity contribution in [2.75, 3.05) is 17.7 Å². The van der Waals surface area contributed by atoms with E-state index < -0.39 is 0 Å². The maximum atomic E-state index is 12.8. The first-order valence-corrected chi connectivity index (χ1v) is 14.5. The fraction of sp³-hybridized carbons (Fsp3) is 0.500. The minimum Gasteiger partial charge on any atom is -0.462 e. The molecular formula is C24H28N4O3S3. The molecule has 0 saturated carbocycles. The van der Waals surface area contributed by atoms with Crippen molar-refractivity contribution in [2.24, 2.45) is 7.05 Å². The summed E-state index contributed by atoms with van der Waals surface area (Å²) in [5.74, 6) is 0.546. The third-order valence-corrected chi connectivity index (χ3v) is 9.69. The highest BCUT2D eigenvalue weighted by Crippen LogP contribution is 2.39. The van der Waals surface area contributed by atoms with Gasteiger partial charge >= 0.3 is 5.97 Å². The monoisotopic (exact) mass is 516 g/mol. The molecule has 0 unspecified atom stereocenters. The highest BCUT2D eigenvalue weighted by molar-refractivity contribution is 7.99. The van der Waals surface area contributed by atoms with Crippen molar-refractivity contribution in [1.82, 2.24) is 14.8 Å². The number of hydrogen-bond acceptors (Lipinski definition) is 8. The average molecular weight is 517 g/mol. The van der Waals surface area contributed by atoms with Crippen molar-refractivity contribution < 1.29 is 14.3 Å². The number of ether oxygens (including phenoxy) is 1. The molecule has 2 aliphatic carbocycles. The van der Waals surface area contributed by atoms with E-state index in [4.69, 9.17) is 4.74 Å². The Morgan fingerprint density at radius 2 is 1.82 bits per heavy atom. The Bertz CT molecular complexity index is 1230. The molecule has 180 valence electrons. The number of hydrogen-bond donors (Lipinski definition) is 1. The molecule has 1 N–H and O–H groups in total. The van der Waals surface area contributed by atoms with Crippen LogP contribution in [0.25, 0.3) is 11.4 Å². The van der Waals surface area contributed by atoms with Gasteiger partial charge in [0.25, 0.3) is 0 Å². The van der Waals surface area contributed by atoms with E-state index in [1.165, 1.54) is 56.8 Å². The van der Waals surface area contributed by atoms with E-state index >= 15 is 0 Å². The maximum absolute atomic E-state index is 12.8. The van der Waals surface area contributed by atoms with Crippen LogP contribution in [-0.4, -0.2) is 39.0 Å². The number of carbonyl (C=O) groups excluding carboxylic acids is 2. The van der Waals surface area contributed by atoms with Gasteiger partial charge in [-0.1, -0.05) is 11.8 Å². The number of aryl methyl sites for hydroxylation is 2. The molecule has 3 heterocycles. The molecule has 5 rings (SSSR count). The molecule has 0 spiro atoms. The van der Waals surface area contributed by atoms with E-state index in [-0.39, 0.29) is 17.6 Å². The number of aromatic nitrogens is 3. The lowest BCUT2D eigenvalue weighted by molar-refractivity contribution is -0.113. The number of esters is 1. The van der Waals surface area contributed by atoms with Crippen molar-refractivity contribution in [3.8, 4) is 11.4 Å². The molecule has 0 fully saturated rings. The van der Waals surface area contributed by atoms with Crippen molar-refractivity contribution in [3.05, 3.63) is 31.8 Å². The van der Waals surface area contributed by atoms with Gasteiger partial charge in [0.2, 0.25) is 5.91 Å². The molecule has 0 bridgehead atoms. The van der Waals surface area contributed by atoms with E-state index in [9.17, 15) is 9.59 Å². The second kappa shape index (κ2) is 10.2. The zero-order valence-corrected chi connectivity index (χ0v) is 21.9. The number of carbonyl (C=O) groups is 2. The first-order valence-electron chi connectivity index (χ1n) is 11.8. The van der Waals surface area contributed by atoms with Gasteiger partial charge < -0.3 is 14.6 Å². The smallest absolute Gasteiger partial charge is 0.341 e. The molecule has 3 aromatic heterocycles. The van der Waals surface area contributed by atoms with Crippen LogP contribution in [0.1, 0.15) is 63.8 Å². The third-order valence-electron chi connectivity index (χ3n) is 6.37. The Balaban J connectivity index is 1.28. The number of nitrogens with zero attached hydrogens (tertiary/aromatic N) is 3. The van der Waals surface area contributed by atoms with Crippen molar-refractivity contribution >= 4 is 51.3 Å². The van der Waals surface area contributed by atoms with Gasteiger partial charge in [-0.2, -0.15) is 0 Å². The van der Waals surface area contributed by atoms with Gasteiger partial charge in [-0.25, -0.2) is 4.79 Å². The van der Waals surface area contributed by atoms with E-state index in [2.05, 4.69) is 20.9 Å². The van der Waals surface area contributed by atoms with E-state index in [0.29, 0.717) is 22.3 Å². The zero-order chi connectivity index (χ0) is 23.7. The normalized spacial score (nSPS) is 15.0. The van der Waals surface area contributed by atoms with Gasteiger partial charge in [-0.05, 0) is 69.4 Å². The van der Waals surface area contributed by atoms with E-state index in [0.717, 1.165) is 49.9 Å². The topological polar surface area (TPSA) is 86.1 Å². The summed E-state index contributed by atoms with van der Waals surface area (Å²) in [6.07, 6.45) is 8.70. The fourth-order valence-corrected chi connectivity index (χ4v) is 7.85. The Kier molecular flexibility index (Phi) is 7.08. The number of thiophene rings is 2. The molecule has 2 aliphatic rings. The highest BCUT2D eigenvalue weighted by Gasteiger charge is 2.27. The first-order chi connectivity index (χ1) is 16.6. The summed E-state index contributed by atoms with van der Waals surface area (Å²) in [6, 6.07) is 0. The molecule has 0 saturated heterocycles. The lowest BCUT2D eigenvalue weighted by Crippen LogP contribution is -2.17. The predicted molar refractivity (Wildman–Crippen MR) is 137 cm³/mol. The van der Waals surface area contributed by atoms with Crippen LogP contribution in [-0.2, 0) is 42.3 Å². The van der Waals surface area contributed by atoms with E-state index in [1.54, 1.807) is 6.92 Å². The summed E-state index contributed by atoms with van der Waals surface area (Å²) in [6.45, 7) is 2.11. The number of nitrogens with one attached hydrogen (secondary N) is 1. The molecule has 0 atom stereocenters. The van der Waals surface area contributed by atoms with E-state index in [1.807, 2.05) is 23.0 Å². The third kappa shape index (κ3) is 4.55. The molecule has 0 aromatic carbocycles. The second-order valence-corrected chi connectivity index (χ2v) is 11.6. The Morgan fingerprint density at radius 1 is 1.09 bits per heavy atom. The number of thioether (sulfide) groups is 1. The number of amides is 1. The quantitative estimate of drug-likeness (QED) is 0.340. The molecule has 1 amide bonds. The minimum absolute atomic E-state index is 0.161. The highest BCUT2D eigenvalue weighted by atomic mass is 32.2. The van der Waals surface area contributed by atoms with Crippen LogP contribution in [0.5, 0.6) is 0 Å². The predicted octanol–water partition coefficient (Wildman–Crippen LogP) is 5.27. The van der Waals surface area contributed by atoms with Crippen molar-refractivity contribution in [1.29, 1.82) is 0 Å². The van der Waals surface area contributed by atoms with Gasteiger partial charge in [0.1, 0.15) is 5.00 Å². The molecule has 3 aromatic rings. The Hall–Kier alpha value is -2.17. The molecule has 10 heteroatoms. The van der Waals surface area contributed by atoms with Crippen LogP contribution in [0.3, 0.4) is 0 Å². The van der Waals surface area contributed by atoms with Crippen LogP contribution in [0.2, 0.25) is 0 Å². The largest absolute Gasteiger partial charge is 0.462 e. The summed E-state index contributed by atoms with van der Waals surface area (Å²) in [7, 11) is 1.95. The number of fused-ring (bicyclic) bond motifs is 2. The molecular weight excluding hydrogens is 488 g/mol. The van der Waals surface area contributed by atoms with Crippen molar-refractivity contribution in [2.45, 2.75) is 63.4 Å². The SMILES string of the molecule is CCOC(=O)c1c(NC(=O)CSc2nnc(-c3csc4c3CCCC4)n2C)sc2c1CCCC2. The standard InChI is InChI=1S/C24H28N4O3S3/c1-3-31-23(30)20-15-9-5-7-11-18(15)34-22(20)25-19(29)13-33-24-27-26-21(28(24)2)16-12-32-17-10-6-4-8-14(16)17/h12H,3-11,13H2,1-2H3,(H,25,29). The molecule has 0 radical (unpaired) electrons. The number of anilines is 1. The van der Waals surface area contributed by atoms with Gasteiger partial charge in [-0.3, -0.25) is 4.79 Å². The molecule has 34 heavy (non-hydrogen) atoms. The van der Waals surface area contributed by atoms with Crippen LogP contribution in [0.4, 0.5) is 5.00 Å². The van der Waals surface area contributed by atoms with Crippen LogP contribution < -0.4 is 5.32 Å². The van der Waals surface area contributed by atoms with Gasteiger partial charge in [0.15, 0.2) is 11.0 Å². The van der Waals surface area contributed by atoms with Crippen LogP contribution in [0, 0.1) is 0 Å². The van der Waals surface area contributed by atoms with Crippen molar-refractivity contribution in [3.63, 3.8) is 0 Å². The maximum Gasteiger partial charge on any atom is 0.341 e. The van der Waals surface area contributed by atoms with Gasteiger partial charge in [0, 0.05) is 27.7 Å². The summed E-state index contributed by atoms with van der Waals surface area (Å²) in [4.78, 5) is 28.1. The Labute approximate surface area is 211 Å². The lowest BCUT2D eigenvalue weighted by atomic mass is 9.95. The summed E-state index contributed by atoms with van der Waals surface area (Å²) in [5, 5.41) is 15.3. The average Bonchev–Trinajstić information content (AvgIpc) is 3.52. The van der Waals surface area contributed by atoms with Crippen LogP contribution in [0.15, 0.2) is 10.5 Å². The molecule has 0 aliphatic heterocycles. The fourth-order valence-electron chi connectivity index (χ4n) is 4.72. The van der Waals surface area contributed by atoms with Gasteiger partial charge in [-0.15, -0.1) is 32.9 Å². The van der Waals surface area contributed by atoms with Crippen LogP contribution >= 0.6 is 34.4 Å².